The first-order valence-corrected chi connectivity index (χ1v) is 12.6. The van der Waals surface area contributed by atoms with Crippen molar-refractivity contribution in [2.45, 2.75) is 55.3 Å². The van der Waals surface area contributed by atoms with Gasteiger partial charge in [0.2, 0.25) is 12.0 Å². The average Bonchev–Trinajstić information content (AvgIpc) is 2.96. The molecule has 3 unspecified atom stereocenters. The van der Waals surface area contributed by atoms with Gasteiger partial charge in [0.15, 0.2) is 40.8 Å². The van der Waals surface area contributed by atoms with Crippen molar-refractivity contribution in [2.24, 2.45) is 0 Å². The maximum Gasteiger partial charge on any atom is 0.229 e. The average molecular weight is 596 g/mol. The minimum absolute atomic E-state index is 0.1000. The summed E-state index contributed by atoms with van der Waals surface area (Å²) in [5, 5.41) is 101. The fraction of sp³-hybridized carbons (Fsp3) is 0.423. The lowest BCUT2D eigenvalue weighted by atomic mass is 9.98. The predicted molar refractivity (Wildman–Crippen MR) is 136 cm³/mol. The molecular weight excluding hydrogens is 568 g/mol. The minimum Gasteiger partial charge on any atom is -0.504 e. The van der Waals surface area contributed by atoms with E-state index in [0.29, 0.717) is 0 Å². The Hall–Kier alpha value is -3.71. The van der Waals surface area contributed by atoms with Crippen LogP contribution >= 0.6 is 0 Å². The van der Waals surface area contributed by atoms with E-state index < -0.39 is 108 Å². The Bertz CT molecular complexity index is 1510. The summed E-state index contributed by atoms with van der Waals surface area (Å²) in [5.74, 6) is -3.51. The van der Waals surface area contributed by atoms with E-state index in [1.807, 2.05) is 0 Å². The Kier molecular flexibility index (Phi) is 8.17. The molecule has 10 N–H and O–H groups in total. The first-order chi connectivity index (χ1) is 19.9. The molecule has 42 heavy (non-hydrogen) atoms. The second-order valence-electron chi connectivity index (χ2n) is 9.80. The van der Waals surface area contributed by atoms with Crippen molar-refractivity contribution >= 4 is 11.0 Å². The standard InChI is InChI=1S/C26H28O16/c27-6-16-20(34)22(36)24(42-25-23(37)18(32)12(31)7-38-25)26(41-16)40-15-5-14-17(21(35)19(15)33)11(30)4-13(39-14)8-1-2-9(28)10(29)3-8/h1-5,12,16,18,20,22-29,31-37H,6-7H2/t12-,16?,18+,20-,22+,23?,24?,25+,26-/m1/s1. The fourth-order valence-corrected chi connectivity index (χ4v) is 4.65. The van der Waals surface area contributed by atoms with Gasteiger partial charge in [0.1, 0.15) is 53.4 Å². The summed E-state index contributed by atoms with van der Waals surface area (Å²) in [6, 6.07) is 5.59. The van der Waals surface area contributed by atoms with Gasteiger partial charge in [0.05, 0.1) is 13.2 Å². The van der Waals surface area contributed by atoms with Gasteiger partial charge in [-0.1, -0.05) is 0 Å². The van der Waals surface area contributed by atoms with E-state index in [1.165, 1.54) is 6.07 Å². The van der Waals surface area contributed by atoms with Crippen molar-refractivity contribution in [2.75, 3.05) is 13.2 Å². The number of phenolic OH excluding ortho intramolecular Hbond substituents is 4. The molecule has 9 atom stereocenters. The zero-order chi connectivity index (χ0) is 30.5. The highest BCUT2D eigenvalue weighted by Crippen LogP contribution is 2.43. The number of hydrogen-bond donors (Lipinski definition) is 10. The maximum atomic E-state index is 12.8. The molecule has 0 aliphatic carbocycles. The van der Waals surface area contributed by atoms with Crippen LogP contribution in [0.2, 0.25) is 0 Å². The molecule has 0 spiro atoms. The summed E-state index contributed by atoms with van der Waals surface area (Å²) in [7, 11) is 0. The van der Waals surface area contributed by atoms with E-state index in [9.17, 15) is 55.9 Å². The molecule has 2 aliphatic rings. The van der Waals surface area contributed by atoms with Crippen molar-refractivity contribution < 1.29 is 74.4 Å². The number of phenols is 4. The van der Waals surface area contributed by atoms with Gasteiger partial charge >= 0.3 is 0 Å². The molecule has 2 aromatic carbocycles. The minimum atomic E-state index is -1.86. The molecule has 3 heterocycles. The van der Waals surface area contributed by atoms with Crippen LogP contribution in [0.4, 0.5) is 0 Å². The Morgan fingerprint density at radius 1 is 0.833 bits per heavy atom. The fourth-order valence-electron chi connectivity index (χ4n) is 4.65. The Morgan fingerprint density at radius 2 is 1.57 bits per heavy atom. The number of fused-ring (bicyclic) bond motifs is 1. The van der Waals surface area contributed by atoms with Crippen LogP contribution < -0.4 is 10.2 Å². The summed E-state index contributed by atoms with van der Waals surface area (Å²) in [4.78, 5) is 12.8. The molecule has 5 rings (SSSR count). The van der Waals surface area contributed by atoms with E-state index in [2.05, 4.69) is 0 Å². The number of ether oxygens (including phenoxy) is 4. The SMILES string of the molecule is O=c1cc(-c2ccc(O)c(O)c2)oc2cc(O[C@@H]3OC(CO)[C@@H](O)[C@H](O)C3O[C@@H]3OC[C@@H](O)[C@H](O)C3O)c(O)c(O)c12. The lowest BCUT2D eigenvalue weighted by Crippen LogP contribution is -2.63. The van der Waals surface area contributed by atoms with Crippen molar-refractivity contribution in [3.8, 4) is 40.1 Å². The van der Waals surface area contributed by atoms with Gasteiger partial charge in [-0.25, -0.2) is 0 Å². The van der Waals surface area contributed by atoms with E-state index in [1.54, 1.807) is 0 Å². The van der Waals surface area contributed by atoms with E-state index in [-0.39, 0.29) is 16.9 Å². The molecule has 16 heteroatoms. The van der Waals surface area contributed by atoms with Crippen LogP contribution in [0.25, 0.3) is 22.3 Å². The molecule has 2 fully saturated rings. The molecule has 2 aliphatic heterocycles. The molecule has 16 nitrogen and oxygen atoms in total. The lowest BCUT2D eigenvalue weighted by Gasteiger charge is -2.44. The third-order valence-corrected chi connectivity index (χ3v) is 7.00. The third kappa shape index (κ3) is 5.31. The van der Waals surface area contributed by atoms with Gasteiger partial charge in [-0.3, -0.25) is 4.79 Å². The molecule has 0 saturated carbocycles. The Balaban J connectivity index is 1.52. The second-order valence-corrected chi connectivity index (χ2v) is 9.80. The van der Waals surface area contributed by atoms with Gasteiger partial charge < -0.3 is 74.4 Å². The smallest absolute Gasteiger partial charge is 0.229 e. The van der Waals surface area contributed by atoms with Crippen LogP contribution in [0.15, 0.2) is 39.5 Å². The number of aromatic hydroxyl groups is 4. The van der Waals surface area contributed by atoms with E-state index in [0.717, 1.165) is 24.3 Å². The molecule has 0 amide bonds. The zero-order valence-electron chi connectivity index (χ0n) is 21.4. The maximum absolute atomic E-state index is 12.8. The van der Waals surface area contributed by atoms with Gasteiger partial charge in [-0.15, -0.1) is 0 Å². The van der Waals surface area contributed by atoms with Crippen molar-refractivity contribution in [1.82, 2.24) is 0 Å². The van der Waals surface area contributed by atoms with Crippen molar-refractivity contribution in [1.29, 1.82) is 0 Å². The summed E-state index contributed by atoms with van der Waals surface area (Å²) < 4.78 is 27.6. The summed E-state index contributed by atoms with van der Waals surface area (Å²) in [6.07, 6.45) is -15.1. The predicted octanol–water partition coefficient (Wildman–Crippen LogP) is -2.08. The van der Waals surface area contributed by atoms with E-state index in [4.69, 9.17) is 23.4 Å². The number of aliphatic hydroxyl groups is 6. The number of benzene rings is 2. The van der Waals surface area contributed by atoms with Crippen LogP contribution in [0.1, 0.15) is 0 Å². The summed E-state index contributed by atoms with van der Waals surface area (Å²) >= 11 is 0. The number of hydrogen-bond acceptors (Lipinski definition) is 16. The first-order valence-electron chi connectivity index (χ1n) is 12.6. The van der Waals surface area contributed by atoms with Gasteiger partial charge in [0.25, 0.3) is 0 Å². The highest BCUT2D eigenvalue weighted by molar-refractivity contribution is 5.89. The molecule has 1 aromatic heterocycles. The molecule has 3 aromatic rings. The monoisotopic (exact) mass is 596 g/mol. The molecule has 2 saturated heterocycles. The number of rotatable bonds is 6. The van der Waals surface area contributed by atoms with Gasteiger partial charge in [0, 0.05) is 17.7 Å². The van der Waals surface area contributed by atoms with Crippen molar-refractivity contribution in [3.63, 3.8) is 0 Å². The highest BCUT2D eigenvalue weighted by Gasteiger charge is 2.50. The second kappa shape index (κ2) is 11.5. The summed E-state index contributed by atoms with van der Waals surface area (Å²) in [6.45, 7) is -1.26. The normalized spacial score (nSPS) is 31.7. The quantitative estimate of drug-likeness (QED) is 0.137. The first kappa shape index (κ1) is 29.8. The number of aliphatic hydroxyl groups excluding tert-OH is 6. The summed E-state index contributed by atoms with van der Waals surface area (Å²) in [5.41, 5.74) is -0.938. The lowest BCUT2D eigenvalue weighted by molar-refractivity contribution is -0.345. The third-order valence-electron chi connectivity index (χ3n) is 7.00. The van der Waals surface area contributed by atoms with Crippen LogP contribution in [-0.4, -0.2) is 120 Å². The van der Waals surface area contributed by atoms with E-state index >= 15 is 0 Å². The highest BCUT2D eigenvalue weighted by atomic mass is 16.8. The Labute approximate surface area is 235 Å². The molecule has 0 radical (unpaired) electrons. The van der Waals surface area contributed by atoms with Crippen LogP contribution in [0.5, 0.6) is 28.7 Å². The van der Waals surface area contributed by atoms with Crippen LogP contribution in [0.3, 0.4) is 0 Å². The van der Waals surface area contributed by atoms with Gasteiger partial charge in [-0.2, -0.15) is 0 Å². The zero-order valence-corrected chi connectivity index (χ0v) is 21.4. The molecule has 0 bridgehead atoms. The molecule has 228 valence electrons. The largest absolute Gasteiger partial charge is 0.504 e. The Morgan fingerprint density at radius 3 is 2.26 bits per heavy atom. The van der Waals surface area contributed by atoms with Crippen LogP contribution in [-0.2, 0) is 14.2 Å². The topological polar surface area (TPSA) is 269 Å². The van der Waals surface area contributed by atoms with Gasteiger partial charge in [-0.05, 0) is 18.2 Å². The van der Waals surface area contributed by atoms with Crippen LogP contribution in [0, 0.1) is 0 Å². The van der Waals surface area contributed by atoms with Crippen molar-refractivity contribution in [3.05, 3.63) is 40.6 Å². The molecular formula is C26H28O16.